The molecule has 1 atom stereocenters. The van der Waals surface area contributed by atoms with Gasteiger partial charge in [0.1, 0.15) is 5.82 Å². The van der Waals surface area contributed by atoms with Crippen LogP contribution >= 0.6 is 23.2 Å². The first-order valence-corrected chi connectivity index (χ1v) is 7.83. The van der Waals surface area contributed by atoms with Gasteiger partial charge in [-0.1, -0.05) is 36.7 Å². The zero-order valence-electron chi connectivity index (χ0n) is 12.0. The summed E-state index contributed by atoms with van der Waals surface area (Å²) in [6, 6.07) is 14.2. The van der Waals surface area contributed by atoms with Crippen molar-refractivity contribution in [2.24, 2.45) is 0 Å². The molecule has 0 bridgehead atoms. The average Bonchev–Trinajstić information content (AvgIpc) is 2.88. The van der Waals surface area contributed by atoms with Crippen LogP contribution in [-0.2, 0) is 6.42 Å². The Balaban J connectivity index is 2.30. The summed E-state index contributed by atoms with van der Waals surface area (Å²) in [5.41, 5.74) is 4.11. The quantitative estimate of drug-likeness (QED) is 0.579. The first kappa shape index (κ1) is 14.4. The third-order valence-electron chi connectivity index (χ3n) is 3.61. The molecule has 3 aromatic rings. The van der Waals surface area contributed by atoms with Crippen molar-refractivity contribution in [3.05, 3.63) is 58.9 Å². The molecule has 21 heavy (non-hydrogen) atoms. The molecule has 0 aliphatic rings. The molecule has 0 radical (unpaired) electrons. The second-order valence-electron chi connectivity index (χ2n) is 5.05. The van der Waals surface area contributed by atoms with Gasteiger partial charge >= 0.3 is 0 Å². The molecule has 0 fully saturated rings. The van der Waals surface area contributed by atoms with E-state index < -0.39 is 0 Å². The predicted molar refractivity (Wildman–Crippen MR) is 89.7 cm³/mol. The van der Waals surface area contributed by atoms with Crippen molar-refractivity contribution in [2.75, 3.05) is 0 Å². The van der Waals surface area contributed by atoms with Gasteiger partial charge in [0.2, 0.25) is 0 Å². The molecule has 3 rings (SSSR count). The number of hydrogen-bond acceptors (Lipinski definition) is 1. The molecule has 0 N–H and O–H groups in total. The Morgan fingerprint density at radius 1 is 1.14 bits per heavy atom. The maximum absolute atomic E-state index is 6.38. The molecule has 1 heterocycles. The van der Waals surface area contributed by atoms with Gasteiger partial charge in [0.25, 0.3) is 0 Å². The van der Waals surface area contributed by atoms with E-state index in [0.29, 0.717) is 5.02 Å². The van der Waals surface area contributed by atoms with Crippen molar-refractivity contribution in [2.45, 2.75) is 25.6 Å². The van der Waals surface area contributed by atoms with Crippen LogP contribution in [0.4, 0.5) is 0 Å². The maximum atomic E-state index is 6.38. The highest BCUT2D eigenvalue weighted by molar-refractivity contribution is 6.35. The normalized spacial score (nSPS) is 12.8. The summed E-state index contributed by atoms with van der Waals surface area (Å²) >= 11 is 12.7. The van der Waals surface area contributed by atoms with Crippen molar-refractivity contribution in [3.8, 4) is 5.69 Å². The van der Waals surface area contributed by atoms with E-state index in [1.54, 1.807) is 0 Å². The van der Waals surface area contributed by atoms with Crippen molar-refractivity contribution in [3.63, 3.8) is 0 Å². The number of halogens is 2. The maximum Gasteiger partial charge on any atom is 0.132 e. The van der Waals surface area contributed by atoms with E-state index in [0.717, 1.165) is 29.0 Å². The number of hydrogen-bond donors (Lipinski definition) is 0. The smallest absolute Gasteiger partial charge is 0.132 e. The number of nitrogens with zero attached hydrogens (tertiary/aromatic N) is 2. The van der Waals surface area contributed by atoms with E-state index >= 15 is 0 Å². The molecule has 0 aliphatic heterocycles. The highest BCUT2D eigenvalue weighted by Gasteiger charge is 2.18. The summed E-state index contributed by atoms with van der Waals surface area (Å²) < 4.78 is 2.05. The zero-order valence-corrected chi connectivity index (χ0v) is 13.5. The van der Waals surface area contributed by atoms with Gasteiger partial charge in [0.05, 0.1) is 21.4 Å². The van der Waals surface area contributed by atoms with Crippen molar-refractivity contribution in [1.82, 2.24) is 9.55 Å². The number of aryl methyl sites for hydroxylation is 1. The van der Waals surface area contributed by atoms with Crippen molar-refractivity contribution >= 4 is 34.2 Å². The van der Waals surface area contributed by atoms with E-state index in [4.69, 9.17) is 23.2 Å². The summed E-state index contributed by atoms with van der Waals surface area (Å²) in [5, 5.41) is 0.488. The monoisotopic (exact) mass is 318 g/mol. The standard InChI is InChI=1S/C17H16Cl2N2/c1-3-12-7-9-13(10-8-12)21-16-14(19)5-4-6-15(16)20-17(21)11(2)18/h4-11H,3H2,1-2H3. The van der Waals surface area contributed by atoms with E-state index in [1.807, 2.05) is 25.1 Å². The fourth-order valence-corrected chi connectivity index (χ4v) is 2.91. The summed E-state index contributed by atoms with van der Waals surface area (Å²) in [6.07, 6.45) is 1.02. The molecule has 0 saturated heterocycles. The van der Waals surface area contributed by atoms with Crippen LogP contribution in [0.1, 0.15) is 30.6 Å². The third kappa shape index (κ3) is 2.54. The van der Waals surface area contributed by atoms with Crippen LogP contribution in [0.15, 0.2) is 42.5 Å². The first-order chi connectivity index (χ1) is 10.1. The lowest BCUT2D eigenvalue weighted by atomic mass is 10.1. The molecule has 0 spiro atoms. The van der Waals surface area contributed by atoms with Crippen LogP contribution in [0.2, 0.25) is 5.02 Å². The molecule has 2 nitrogen and oxygen atoms in total. The molecule has 0 amide bonds. The topological polar surface area (TPSA) is 17.8 Å². The predicted octanol–water partition coefficient (Wildman–Crippen LogP) is 5.54. The molecule has 108 valence electrons. The van der Waals surface area contributed by atoms with E-state index in [2.05, 4.69) is 40.7 Å². The summed E-state index contributed by atoms with van der Waals surface area (Å²) in [6.45, 7) is 4.07. The Morgan fingerprint density at radius 3 is 2.48 bits per heavy atom. The second-order valence-corrected chi connectivity index (χ2v) is 6.11. The largest absolute Gasteiger partial charge is 0.294 e. The first-order valence-electron chi connectivity index (χ1n) is 7.02. The minimum absolute atomic E-state index is 0.195. The highest BCUT2D eigenvalue weighted by atomic mass is 35.5. The second kappa shape index (κ2) is 5.70. The van der Waals surface area contributed by atoms with Gasteiger partial charge in [0, 0.05) is 5.69 Å². The molecule has 1 aromatic heterocycles. The van der Waals surface area contributed by atoms with Gasteiger partial charge in [-0.2, -0.15) is 0 Å². The number of fused-ring (bicyclic) bond motifs is 1. The Kier molecular flexibility index (Phi) is 3.92. The summed E-state index contributed by atoms with van der Waals surface area (Å²) in [4.78, 5) is 4.64. The van der Waals surface area contributed by atoms with Gasteiger partial charge in [-0.15, -0.1) is 11.6 Å². The van der Waals surface area contributed by atoms with Crippen LogP contribution in [-0.4, -0.2) is 9.55 Å². The summed E-state index contributed by atoms with van der Waals surface area (Å²) in [7, 11) is 0. The molecule has 4 heteroatoms. The molecule has 2 aromatic carbocycles. The Hall–Kier alpha value is -1.51. The molecular formula is C17H16Cl2N2. The van der Waals surface area contributed by atoms with E-state index in [-0.39, 0.29) is 5.38 Å². The highest BCUT2D eigenvalue weighted by Crippen LogP contribution is 2.32. The molecule has 0 saturated carbocycles. The van der Waals surface area contributed by atoms with Crippen LogP contribution in [0.3, 0.4) is 0 Å². The zero-order chi connectivity index (χ0) is 15.0. The van der Waals surface area contributed by atoms with Gasteiger partial charge in [-0.25, -0.2) is 4.98 Å². The Labute approximate surface area is 134 Å². The minimum Gasteiger partial charge on any atom is -0.294 e. The lowest BCUT2D eigenvalue weighted by Crippen LogP contribution is -2.02. The average molecular weight is 319 g/mol. The molecule has 1 unspecified atom stereocenters. The number of benzene rings is 2. The lowest BCUT2D eigenvalue weighted by molar-refractivity contribution is 0.882. The van der Waals surface area contributed by atoms with Crippen LogP contribution in [0, 0.1) is 0 Å². The SMILES string of the molecule is CCc1ccc(-n2c(C(C)Cl)nc3cccc(Cl)c32)cc1. The fourth-order valence-electron chi connectivity index (χ4n) is 2.51. The number of alkyl halides is 1. The van der Waals surface area contributed by atoms with Crippen LogP contribution in [0.5, 0.6) is 0 Å². The third-order valence-corrected chi connectivity index (χ3v) is 4.11. The minimum atomic E-state index is -0.195. The number of para-hydroxylation sites is 1. The Morgan fingerprint density at radius 2 is 1.86 bits per heavy atom. The summed E-state index contributed by atoms with van der Waals surface area (Å²) in [5.74, 6) is 0.809. The van der Waals surface area contributed by atoms with Gasteiger partial charge in [0.15, 0.2) is 0 Å². The number of rotatable bonds is 3. The number of imidazole rings is 1. The van der Waals surface area contributed by atoms with Gasteiger partial charge in [-0.3, -0.25) is 4.57 Å². The van der Waals surface area contributed by atoms with Gasteiger partial charge in [-0.05, 0) is 43.2 Å². The van der Waals surface area contributed by atoms with E-state index in [1.165, 1.54) is 5.56 Å². The molecular weight excluding hydrogens is 303 g/mol. The molecule has 0 aliphatic carbocycles. The van der Waals surface area contributed by atoms with Crippen molar-refractivity contribution < 1.29 is 0 Å². The lowest BCUT2D eigenvalue weighted by Gasteiger charge is -2.12. The van der Waals surface area contributed by atoms with Crippen LogP contribution in [0.25, 0.3) is 16.7 Å². The number of aromatic nitrogens is 2. The Bertz CT molecular complexity index is 773. The van der Waals surface area contributed by atoms with Crippen molar-refractivity contribution in [1.29, 1.82) is 0 Å². The van der Waals surface area contributed by atoms with Gasteiger partial charge < -0.3 is 0 Å². The van der Waals surface area contributed by atoms with Crippen LogP contribution < -0.4 is 0 Å². The fraction of sp³-hybridized carbons (Fsp3) is 0.235. The van der Waals surface area contributed by atoms with E-state index in [9.17, 15) is 0 Å².